The number of benzene rings is 3. The summed E-state index contributed by atoms with van der Waals surface area (Å²) >= 11 is 12.1. The van der Waals surface area contributed by atoms with Gasteiger partial charge in [0.15, 0.2) is 5.76 Å². The maximum Gasteiger partial charge on any atom is 0.287 e. The van der Waals surface area contributed by atoms with Gasteiger partial charge in [-0.3, -0.25) is 9.69 Å². The minimum absolute atomic E-state index is 0.206. The summed E-state index contributed by atoms with van der Waals surface area (Å²) < 4.78 is 5.99. The van der Waals surface area contributed by atoms with Crippen LogP contribution >= 0.6 is 23.2 Å². The third kappa shape index (κ3) is 7.08. The van der Waals surface area contributed by atoms with Crippen molar-refractivity contribution in [2.45, 2.75) is 13.5 Å². The number of nitrogens with zero attached hydrogens (tertiary/aromatic N) is 3. The van der Waals surface area contributed by atoms with Crippen LogP contribution in [0.15, 0.2) is 71.1 Å². The van der Waals surface area contributed by atoms with Crippen molar-refractivity contribution < 1.29 is 14.2 Å². The monoisotopic (exact) mass is 581 g/mol. The quantitative estimate of drug-likeness (QED) is 0.223. The average molecular weight is 583 g/mol. The molecule has 4 aromatic rings. The first-order chi connectivity index (χ1) is 19.4. The Morgan fingerprint density at radius 1 is 0.975 bits per heavy atom. The lowest BCUT2D eigenvalue weighted by atomic mass is 10.1. The molecule has 1 aliphatic heterocycles. The zero-order valence-electron chi connectivity index (χ0n) is 22.6. The zero-order valence-corrected chi connectivity index (χ0v) is 24.1. The van der Waals surface area contributed by atoms with Crippen molar-refractivity contribution in [3.8, 4) is 0 Å². The zero-order chi connectivity index (χ0) is 28.1. The second-order valence-corrected chi connectivity index (χ2v) is 10.9. The fourth-order valence-corrected chi connectivity index (χ4v) is 4.87. The van der Waals surface area contributed by atoms with Crippen LogP contribution in [0.5, 0.6) is 0 Å². The minimum atomic E-state index is -0.206. The predicted octanol–water partition coefficient (Wildman–Crippen LogP) is 5.99. The molecule has 0 atom stereocenters. The maximum atomic E-state index is 13.0. The van der Waals surface area contributed by atoms with Gasteiger partial charge in [-0.1, -0.05) is 35.3 Å². The third-order valence-electron chi connectivity index (χ3n) is 7.08. The first-order valence-corrected chi connectivity index (χ1v) is 14.0. The van der Waals surface area contributed by atoms with Crippen LogP contribution in [0, 0.1) is 6.92 Å². The highest BCUT2D eigenvalue weighted by Crippen LogP contribution is 2.30. The minimum Gasteiger partial charge on any atom is -0.451 e. The van der Waals surface area contributed by atoms with Gasteiger partial charge >= 0.3 is 0 Å². The SMILES string of the molecule is Cc1c(C(=O)NCCN2CCN(C)CC2)oc2ccc(N(Cc3ccc(Cl)cc3)ONc3ccc(Cl)cc3)cc12. The summed E-state index contributed by atoms with van der Waals surface area (Å²) in [5.74, 6) is 0.123. The number of nitrogens with one attached hydrogen (secondary N) is 2. The smallest absolute Gasteiger partial charge is 0.287 e. The van der Waals surface area contributed by atoms with E-state index in [0.29, 0.717) is 34.5 Å². The van der Waals surface area contributed by atoms with Gasteiger partial charge in [0.2, 0.25) is 0 Å². The van der Waals surface area contributed by atoms with Crippen molar-refractivity contribution in [2.75, 3.05) is 56.9 Å². The Bertz CT molecular complexity index is 1430. The molecule has 2 N–H and O–H groups in total. The molecule has 8 nitrogen and oxygen atoms in total. The Balaban J connectivity index is 1.31. The van der Waals surface area contributed by atoms with Crippen molar-refractivity contribution in [2.24, 2.45) is 0 Å². The Morgan fingerprint density at radius 2 is 1.65 bits per heavy atom. The first-order valence-electron chi connectivity index (χ1n) is 13.3. The molecular weight excluding hydrogens is 549 g/mol. The summed E-state index contributed by atoms with van der Waals surface area (Å²) in [5, 5.41) is 6.91. The first kappa shape index (κ1) is 28.3. The molecule has 0 radical (unpaired) electrons. The molecule has 1 amide bonds. The molecule has 3 aromatic carbocycles. The van der Waals surface area contributed by atoms with Crippen molar-refractivity contribution in [3.63, 3.8) is 0 Å². The normalized spacial score (nSPS) is 14.4. The maximum absolute atomic E-state index is 13.0. The highest BCUT2D eigenvalue weighted by Gasteiger charge is 2.20. The number of anilines is 2. The molecule has 40 heavy (non-hydrogen) atoms. The molecule has 0 saturated carbocycles. The standard InChI is InChI=1S/C30H33Cl2N5O3/c1-21-27-19-26(11-12-28(27)39-29(21)30(38)33-13-14-36-17-15-35(2)16-18-36)37(20-22-3-5-23(31)6-4-22)40-34-25-9-7-24(32)8-10-25/h3-12,19,34H,13-18,20H2,1-2H3,(H,33,38). The lowest BCUT2D eigenvalue weighted by Gasteiger charge is -2.32. The van der Waals surface area contributed by atoms with Crippen LogP contribution in [0.25, 0.3) is 11.0 Å². The number of rotatable bonds is 10. The fraction of sp³-hybridized carbons (Fsp3) is 0.300. The van der Waals surface area contributed by atoms with Gasteiger partial charge in [0, 0.05) is 60.3 Å². The topological polar surface area (TPSA) is 73.2 Å². The summed E-state index contributed by atoms with van der Waals surface area (Å²) in [6.07, 6.45) is 0. The van der Waals surface area contributed by atoms with E-state index in [9.17, 15) is 4.79 Å². The summed E-state index contributed by atoms with van der Waals surface area (Å²) in [6.45, 7) is 7.87. The van der Waals surface area contributed by atoms with Gasteiger partial charge in [0.25, 0.3) is 5.91 Å². The summed E-state index contributed by atoms with van der Waals surface area (Å²) in [4.78, 5) is 23.7. The van der Waals surface area contributed by atoms with Gasteiger partial charge in [-0.2, -0.15) is 4.94 Å². The van der Waals surface area contributed by atoms with Crippen LogP contribution in [0.2, 0.25) is 10.0 Å². The summed E-state index contributed by atoms with van der Waals surface area (Å²) in [6, 6.07) is 20.6. The van der Waals surface area contributed by atoms with Gasteiger partial charge in [-0.05, 0) is 74.1 Å². The van der Waals surface area contributed by atoms with E-state index in [-0.39, 0.29) is 5.91 Å². The molecule has 210 valence electrons. The molecule has 10 heteroatoms. The molecule has 0 bridgehead atoms. The number of fused-ring (bicyclic) bond motifs is 1. The van der Waals surface area contributed by atoms with E-state index in [2.05, 4.69) is 27.6 Å². The molecule has 1 saturated heterocycles. The number of aryl methyl sites for hydroxylation is 1. The largest absolute Gasteiger partial charge is 0.451 e. The van der Waals surface area contributed by atoms with Gasteiger partial charge in [0.1, 0.15) is 5.58 Å². The lowest BCUT2D eigenvalue weighted by Crippen LogP contribution is -2.46. The summed E-state index contributed by atoms with van der Waals surface area (Å²) in [7, 11) is 2.13. The van der Waals surface area contributed by atoms with E-state index in [1.165, 1.54) is 0 Å². The summed E-state index contributed by atoms with van der Waals surface area (Å²) in [5.41, 5.74) is 6.96. The Hall–Kier alpha value is -3.27. The number of halogens is 2. The van der Waals surface area contributed by atoms with Gasteiger partial charge in [-0.25, -0.2) is 10.5 Å². The van der Waals surface area contributed by atoms with Crippen molar-refractivity contribution >= 4 is 51.5 Å². The van der Waals surface area contributed by atoms with Crippen LogP contribution in [0.4, 0.5) is 11.4 Å². The number of furan rings is 1. The number of hydrogen-bond donors (Lipinski definition) is 2. The molecule has 0 aliphatic carbocycles. The van der Waals surface area contributed by atoms with E-state index in [4.69, 9.17) is 32.6 Å². The van der Waals surface area contributed by atoms with Crippen LogP contribution in [-0.2, 0) is 11.5 Å². The van der Waals surface area contributed by atoms with E-state index in [1.54, 1.807) is 17.2 Å². The lowest BCUT2D eigenvalue weighted by molar-refractivity contribution is 0.0915. The fourth-order valence-electron chi connectivity index (χ4n) is 4.62. The second-order valence-electron chi connectivity index (χ2n) is 10.0. The molecule has 0 unspecified atom stereocenters. The van der Waals surface area contributed by atoms with Crippen molar-refractivity contribution in [1.29, 1.82) is 0 Å². The van der Waals surface area contributed by atoms with E-state index in [1.807, 2.05) is 61.5 Å². The number of piperazine rings is 1. The number of carbonyl (C=O) groups excluding carboxylic acids is 1. The van der Waals surface area contributed by atoms with Crippen LogP contribution in [0.1, 0.15) is 21.7 Å². The van der Waals surface area contributed by atoms with E-state index < -0.39 is 0 Å². The molecule has 1 aromatic heterocycles. The molecule has 5 rings (SSSR count). The Morgan fingerprint density at radius 3 is 2.35 bits per heavy atom. The molecule has 2 heterocycles. The second kappa shape index (κ2) is 12.9. The van der Waals surface area contributed by atoms with E-state index >= 15 is 0 Å². The third-order valence-corrected chi connectivity index (χ3v) is 7.58. The van der Waals surface area contributed by atoms with Crippen molar-refractivity contribution in [1.82, 2.24) is 15.1 Å². The molecule has 0 spiro atoms. The highest BCUT2D eigenvalue weighted by molar-refractivity contribution is 6.30. The molecule has 1 aliphatic rings. The average Bonchev–Trinajstić information content (AvgIpc) is 3.29. The molecular formula is C30H33Cl2N5O3. The predicted molar refractivity (Wildman–Crippen MR) is 161 cm³/mol. The number of hydroxylamine groups is 1. The van der Waals surface area contributed by atoms with Gasteiger partial charge < -0.3 is 14.6 Å². The highest BCUT2D eigenvalue weighted by atomic mass is 35.5. The van der Waals surface area contributed by atoms with Gasteiger partial charge in [0.05, 0.1) is 17.9 Å². The number of carbonyl (C=O) groups is 1. The molecule has 1 fully saturated rings. The van der Waals surface area contributed by atoms with Crippen molar-refractivity contribution in [3.05, 3.63) is 93.7 Å². The Labute approximate surface area is 244 Å². The number of amides is 1. The van der Waals surface area contributed by atoms with E-state index in [0.717, 1.165) is 60.6 Å². The van der Waals surface area contributed by atoms with Crippen LogP contribution in [0.3, 0.4) is 0 Å². The number of likely N-dealkylation sites (N-methyl/N-ethyl adjacent to an activating group) is 1. The Kier molecular flexibility index (Phi) is 9.14. The van der Waals surface area contributed by atoms with Gasteiger partial charge in [-0.15, -0.1) is 0 Å². The van der Waals surface area contributed by atoms with Crippen LogP contribution < -0.4 is 15.9 Å². The van der Waals surface area contributed by atoms with Crippen LogP contribution in [-0.4, -0.2) is 62.0 Å². The number of hydrogen-bond acceptors (Lipinski definition) is 7.